The molecular formula is C94H132. The second-order valence-corrected chi connectivity index (χ2v) is 32.5. The molecule has 4 fully saturated rings. The van der Waals surface area contributed by atoms with Gasteiger partial charge in [-0.2, -0.15) is 0 Å². The number of hydrogen-bond donors (Lipinski definition) is 0. The maximum Gasteiger partial charge on any atom is -0.0159 e. The van der Waals surface area contributed by atoms with Crippen molar-refractivity contribution >= 4 is 0 Å². The summed E-state index contributed by atoms with van der Waals surface area (Å²) in [5.74, 6) is 3.45. The van der Waals surface area contributed by atoms with Crippen LogP contribution < -0.4 is 0 Å². The molecule has 4 aliphatic carbocycles. The average molecular weight is 1260 g/mol. The quantitative estimate of drug-likeness (QED) is 0.149. The maximum absolute atomic E-state index is 2.34. The molecule has 0 nitrogen and oxygen atoms in total. The number of rotatable bonds is 7. The third kappa shape index (κ3) is 31.5. The van der Waals surface area contributed by atoms with Gasteiger partial charge in [0.2, 0.25) is 0 Å². The van der Waals surface area contributed by atoms with Crippen molar-refractivity contribution in [3.8, 4) is 0 Å². The third-order valence-electron chi connectivity index (χ3n) is 19.4. The van der Waals surface area contributed by atoms with Crippen molar-refractivity contribution in [2.75, 3.05) is 0 Å². The van der Waals surface area contributed by atoms with E-state index in [-0.39, 0.29) is 0 Å². The summed E-state index contributed by atoms with van der Waals surface area (Å²) >= 11 is 0. The molecule has 0 bridgehead atoms. The van der Waals surface area contributed by atoms with Gasteiger partial charge in [0.05, 0.1) is 0 Å². The van der Waals surface area contributed by atoms with Crippen LogP contribution in [0.25, 0.3) is 0 Å². The Morgan fingerprint density at radius 2 is 0.606 bits per heavy atom. The van der Waals surface area contributed by atoms with Crippen molar-refractivity contribution in [2.45, 2.75) is 284 Å². The van der Waals surface area contributed by atoms with E-state index in [4.69, 9.17) is 0 Å². The van der Waals surface area contributed by atoms with E-state index in [9.17, 15) is 0 Å². The molecule has 4 aliphatic rings. The molecule has 0 saturated heterocycles. The first-order valence-electron chi connectivity index (χ1n) is 37.0. The normalized spacial score (nSPS) is 15.1. The van der Waals surface area contributed by atoms with Crippen molar-refractivity contribution < 1.29 is 0 Å². The van der Waals surface area contributed by atoms with E-state index in [0.29, 0.717) is 16.2 Å². The number of aryl methyl sites for hydroxylation is 9. The maximum atomic E-state index is 2.34. The molecular weight excluding hydrogens is 1130 g/mol. The molecule has 94 heavy (non-hydrogen) atoms. The summed E-state index contributed by atoms with van der Waals surface area (Å²) < 4.78 is 0. The Morgan fingerprint density at radius 1 is 0.255 bits per heavy atom. The van der Waals surface area contributed by atoms with Crippen LogP contribution in [0.2, 0.25) is 0 Å². The molecule has 8 aromatic rings. The first-order chi connectivity index (χ1) is 44.6. The monoisotopic (exact) mass is 1260 g/mol. The molecule has 0 amide bonds. The highest BCUT2D eigenvalue weighted by molar-refractivity contribution is 5.33. The molecule has 0 aliphatic heterocycles. The predicted molar refractivity (Wildman–Crippen MR) is 418 cm³/mol. The molecule has 4 saturated carbocycles. The van der Waals surface area contributed by atoms with Crippen LogP contribution in [-0.2, 0) is 19.3 Å². The molecule has 0 heteroatoms. The van der Waals surface area contributed by atoms with Crippen LogP contribution in [0, 0.1) is 85.5 Å². The third-order valence-corrected chi connectivity index (χ3v) is 19.4. The van der Waals surface area contributed by atoms with Crippen LogP contribution in [0.4, 0.5) is 0 Å². The van der Waals surface area contributed by atoms with Gasteiger partial charge < -0.3 is 0 Å². The summed E-state index contributed by atoms with van der Waals surface area (Å²) in [5.41, 5.74) is 25.7. The van der Waals surface area contributed by atoms with E-state index in [1.165, 1.54) is 188 Å². The highest BCUT2D eigenvalue weighted by Crippen LogP contribution is 2.37. The average Bonchev–Trinajstić information content (AvgIpc) is 1.89. The second kappa shape index (κ2) is 40.3. The van der Waals surface area contributed by atoms with Gasteiger partial charge in [0.25, 0.3) is 0 Å². The second-order valence-electron chi connectivity index (χ2n) is 32.5. The molecule has 0 spiro atoms. The lowest BCUT2D eigenvalue weighted by molar-refractivity contribution is 0.410. The fraction of sp³-hybridized carbons (Fsp3) is 0.489. The number of hydrogen-bond acceptors (Lipinski definition) is 0. The highest BCUT2D eigenvalue weighted by Gasteiger charge is 2.20. The minimum absolute atomic E-state index is 0.395. The minimum atomic E-state index is 0.395. The largest absolute Gasteiger partial charge is 0.0620 e. The zero-order chi connectivity index (χ0) is 68.7. The van der Waals surface area contributed by atoms with E-state index in [0.717, 1.165) is 36.5 Å². The van der Waals surface area contributed by atoms with E-state index < -0.39 is 0 Å². The lowest BCUT2D eigenvalue weighted by Crippen LogP contribution is -2.09. The summed E-state index contributed by atoms with van der Waals surface area (Å²) in [6, 6.07) is 68.5. The molecule has 12 rings (SSSR count). The van der Waals surface area contributed by atoms with Gasteiger partial charge in [-0.15, -0.1) is 0 Å². The molecule has 0 heterocycles. The SMILES string of the molecule is Cc1ccc(C2CCCC2)cc1.Cc1ccc(C2CCCCC2)cc1.Cc1ccc(CC(C)(C)C)cc1.Cc1cccc(C)c1C.Cc1cccc(C2CCCC2)c1.Cc1cccc(CC(C)(C)C)c1.Cc1ccccc1C1CCCC1.Cc1ccccc1CC(C)(C)C. The van der Waals surface area contributed by atoms with Crippen LogP contribution in [0.15, 0.2) is 188 Å². The van der Waals surface area contributed by atoms with E-state index in [1.54, 1.807) is 22.3 Å². The van der Waals surface area contributed by atoms with Gasteiger partial charge in [0.1, 0.15) is 0 Å². The smallest absolute Gasteiger partial charge is 0.0159 e. The first kappa shape index (κ1) is 78.5. The summed E-state index contributed by atoms with van der Waals surface area (Å²) in [7, 11) is 0. The summed E-state index contributed by atoms with van der Waals surface area (Å²) in [6.45, 7) is 42.1. The van der Waals surface area contributed by atoms with E-state index in [1.807, 2.05) is 0 Å². The molecule has 0 unspecified atom stereocenters. The Labute approximate surface area is 579 Å². The van der Waals surface area contributed by atoms with Crippen LogP contribution >= 0.6 is 0 Å². The summed E-state index contributed by atoms with van der Waals surface area (Å²) in [5, 5.41) is 0. The van der Waals surface area contributed by atoms with Crippen molar-refractivity contribution in [3.05, 3.63) is 283 Å². The standard InChI is InChI=1S/C13H18.3C12H16.3C12H18.C9H12/c1-11-7-9-13(10-8-11)12-5-3-2-4-6-12;1-10-6-2-5-9-12(10)11-7-3-4-8-11;1-10-5-4-8-12(9-10)11-6-2-3-7-11;1-10-6-8-12(9-7-10)11-4-2-3-5-11;1-10-5-7-11(8-6-10)9-12(2,3)4;1-10-6-5-7-11(8-10)9-12(2,3)4;1-10-7-5-6-8-11(10)9-12(2,3)4;1-7-5-4-6-8(2)9(7)3/h7-10,12H,2-6H2,1H3;2,5-6,9,11H,3-4,7-8H2,1H3;4-5,8-9,11H,2-3,6-7H2,1H3;6-9,11H,2-5H2,1H3;3*5-8H,9H2,1-4H3;4-6H,1-3H3. The zero-order valence-corrected chi connectivity index (χ0v) is 63.3. The van der Waals surface area contributed by atoms with Gasteiger partial charge in [0.15, 0.2) is 0 Å². The topological polar surface area (TPSA) is 0 Å². The van der Waals surface area contributed by atoms with Crippen LogP contribution in [0.1, 0.15) is 290 Å². The van der Waals surface area contributed by atoms with Crippen molar-refractivity contribution in [1.29, 1.82) is 0 Å². The molecule has 0 aromatic heterocycles. The van der Waals surface area contributed by atoms with Gasteiger partial charge in [-0.3, -0.25) is 0 Å². The summed E-state index contributed by atoms with van der Waals surface area (Å²) in [6.07, 6.45) is 27.6. The van der Waals surface area contributed by atoms with Gasteiger partial charge in [-0.05, 0) is 247 Å². The Bertz CT molecular complexity index is 3300. The van der Waals surface area contributed by atoms with Crippen LogP contribution in [0.5, 0.6) is 0 Å². The van der Waals surface area contributed by atoms with Gasteiger partial charge >= 0.3 is 0 Å². The Balaban J connectivity index is 0.000000195. The summed E-state index contributed by atoms with van der Waals surface area (Å²) in [4.78, 5) is 0. The Hall–Kier alpha value is -6.24. The highest BCUT2D eigenvalue weighted by atomic mass is 14.3. The molecule has 8 aromatic carbocycles. The molecule has 508 valence electrons. The fourth-order valence-corrected chi connectivity index (χ4v) is 13.9. The van der Waals surface area contributed by atoms with Crippen molar-refractivity contribution in [2.24, 2.45) is 16.2 Å². The lowest BCUT2D eigenvalue weighted by atomic mass is 9.84. The van der Waals surface area contributed by atoms with Crippen molar-refractivity contribution in [3.63, 3.8) is 0 Å². The number of benzene rings is 8. The van der Waals surface area contributed by atoms with E-state index in [2.05, 4.69) is 320 Å². The lowest BCUT2D eigenvalue weighted by Gasteiger charge is -2.21. The Kier molecular flexibility index (Phi) is 33.7. The van der Waals surface area contributed by atoms with Crippen LogP contribution in [-0.4, -0.2) is 0 Å². The van der Waals surface area contributed by atoms with Gasteiger partial charge in [-0.25, -0.2) is 0 Å². The Morgan fingerprint density at radius 3 is 1.02 bits per heavy atom. The van der Waals surface area contributed by atoms with Gasteiger partial charge in [0, 0.05) is 0 Å². The molecule has 0 atom stereocenters. The van der Waals surface area contributed by atoms with Gasteiger partial charge in [-0.1, -0.05) is 336 Å². The fourth-order valence-electron chi connectivity index (χ4n) is 13.9. The first-order valence-corrected chi connectivity index (χ1v) is 37.0. The zero-order valence-electron chi connectivity index (χ0n) is 63.3. The molecule has 0 N–H and O–H groups in total. The van der Waals surface area contributed by atoms with Crippen molar-refractivity contribution in [1.82, 2.24) is 0 Å². The molecule has 0 radical (unpaired) electrons. The minimum Gasteiger partial charge on any atom is -0.0620 e. The van der Waals surface area contributed by atoms with E-state index >= 15 is 0 Å². The predicted octanol–water partition coefficient (Wildman–Crippen LogP) is 28.4. The van der Waals surface area contributed by atoms with Crippen LogP contribution in [0.3, 0.4) is 0 Å².